The van der Waals surface area contributed by atoms with Crippen LogP contribution in [-0.2, 0) is 11.3 Å². The molecule has 3 N–H and O–H groups in total. The first-order chi connectivity index (χ1) is 12.8. The number of piperidine rings is 1. The predicted molar refractivity (Wildman–Crippen MR) is 94.3 cm³/mol. The molecular formula is C18H23F3N4O2. The standard InChI is InChI=1S/C16H22N4.C2HF3O2/c17-11-14-5-8-19(9-6-14)12-15-1-3-16(4-2-15)20-10-7-18-13-20;3-2(4,5)1(6)7/h1-4,7,10,13-14H,5-6,8-9,11-12,17H2;(H,6,7). The van der Waals surface area contributed by atoms with Crippen molar-refractivity contribution in [3.8, 4) is 5.69 Å². The summed E-state index contributed by atoms with van der Waals surface area (Å²) < 4.78 is 33.8. The molecule has 1 saturated heterocycles. The van der Waals surface area contributed by atoms with Crippen molar-refractivity contribution in [3.05, 3.63) is 48.5 Å². The molecule has 0 saturated carbocycles. The van der Waals surface area contributed by atoms with Crippen LogP contribution in [0.25, 0.3) is 5.69 Å². The lowest BCUT2D eigenvalue weighted by molar-refractivity contribution is -0.192. The fourth-order valence-corrected chi connectivity index (χ4v) is 2.82. The van der Waals surface area contributed by atoms with Gasteiger partial charge in [0.05, 0.1) is 6.33 Å². The summed E-state index contributed by atoms with van der Waals surface area (Å²) in [7, 11) is 0. The van der Waals surface area contributed by atoms with E-state index in [-0.39, 0.29) is 0 Å². The van der Waals surface area contributed by atoms with E-state index < -0.39 is 12.1 Å². The van der Waals surface area contributed by atoms with Crippen molar-refractivity contribution in [2.45, 2.75) is 25.6 Å². The number of aliphatic carboxylic acids is 1. The van der Waals surface area contributed by atoms with Crippen LogP contribution in [0.5, 0.6) is 0 Å². The molecule has 2 aromatic rings. The molecule has 1 aromatic heterocycles. The Labute approximate surface area is 155 Å². The molecule has 27 heavy (non-hydrogen) atoms. The fraction of sp³-hybridized carbons (Fsp3) is 0.444. The molecule has 1 aliphatic rings. The maximum absolute atomic E-state index is 10.6. The number of rotatable bonds is 4. The highest BCUT2D eigenvalue weighted by molar-refractivity contribution is 5.73. The molecule has 0 amide bonds. The number of hydrogen-bond acceptors (Lipinski definition) is 4. The Hall–Kier alpha value is -2.39. The van der Waals surface area contributed by atoms with E-state index in [1.807, 2.05) is 17.1 Å². The summed E-state index contributed by atoms with van der Waals surface area (Å²) in [5.41, 5.74) is 8.27. The molecule has 1 aromatic carbocycles. The predicted octanol–water partition coefficient (Wildman–Crippen LogP) is 2.68. The van der Waals surface area contributed by atoms with Gasteiger partial charge in [-0.3, -0.25) is 4.90 Å². The van der Waals surface area contributed by atoms with E-state index in [0.29, 0.717) is 0 Å². The average Bonchev–Trinajstić information content (AvgIpc) is 3.17. The normalized spacial score (nSPS) is 15.9. The van der Waals surface area contributed by atoms with Crippen LogP contribution in [0.1, 0.15) is 18.4 Å². The van der Waals surface area contributed by atoms with Gasteiger partial charge in [-0.05, 0) is 56.1 Å². The molecule has 148 valence electrons. The zero-order valence-corrected chi connectivity index (χ0v) is 14.8. The van der Waals surface area contributed by atoms with E-state index in [0.717, 1.165) is 24.7 Å². The van der Waals surface area contributed by atoms with E-state index in [2.05, 4.69) is 34.1 Å². The summed E-state index contributed by atoms with van der Waals surface area (Å²) in [6.07, 6.45) is 2.99. The monoisotopic (exact) mass is 384 g/mol. The van der Waals surface area contributed by atoms with Crippen LogP contribution in [0.2, 0.25) is 0 Å². The Morgan fingerprint density at radius 2 is 1.81 bits per heavy atom. The van der Waals surface area contributed by atoms with Gasteiger partial charge in [0.15, 0.2) is 0 Å². The van der Waals surface area contributed by atoms with Gasteiger partial charge in [-0.2, -0.15) is 13.2 Å². The number of likely N-dealkylation sites (tertiary alicyclic amines) is 1. The largest absolute Gasteiger partial charge is 0.490 e. The van der Waals surface area contributed by atoms with E-state index in [1.165, 1.54) is 31.5 Å². The minimum atomic E-state index is -5.08. The van der Waals surface area contributed by atoms with E-state index in [4.69, 9.17) is 15.6 Å². The number of nitrogens with two attached hydrogens (primary N) is 1. The number of carboxylic acid groups (broad SMARTS) is 1. The first-order valence-electron chi connectivity index (χ1n) is 8.59. The van der Waals surface area contributed by atoms with E-state index >= 15 is 0 Å². The summed E-state index contributed by atoms with van der Waals surface area (Å²) in [5, 5.41) is 7.12. The Morgan fingerprint density at radius 3 is 2.26 bits per heavy atom. The SMILES string of the molecule is NCC1CCN(Cc2ccc(-n3ccnc3)cc2)CC1.O=C(O)C(F)(F)F. The van der Waals surface area contributed by atoms with Gasteiger partial charge in [0.2, 0.25) is 0 Å². The lowest BCUT2D eigenvalue weighted by Gasteiger charge is -2.31. The lowest BCUT2D eigenvalue weighted by Crippen LogP contribution is -2.35. The Bertz CT molecular complexity index is 694. The quantitative estimate of drug-likeness (QED) is 0.847. The van der Waals surface area contributed by atoms with Gasteiger partial charge >= 0.3 is 12.1 Å². The maximum atomic E-state index is 10.6. The average molecular weight is 384 g/mol. The van der Waals surface area contributed by atoms with Gasteiger partial charge < -0.3 is 15.4 Å². The second-order valence-electron chi connectivity index (χ2n) is 6.39. The van der Waals surface area contributed by atoms with Gasteiger partial charge in [-0.1, -0.05) is 12.1 Å². The highest BCUT2D eigenvalue weighted by Crippen LogP contribution is 2.18. The number of aromatic nitrogens is 2. The molecule has 1 aliphatic heterocycles. The summed E-state index contributed by atoms with van der Waals surface area (Å²) in [6, 6.07) is 8.74. The summed E-state index contributed by atoms with van der Waals surface area (Å²) in [4.78, 5) is 15.5. The molecular weight excluding hydrogens is 361 g/mol. The highest BCUT2D eigenvalue weighted by atomic mass is 19.4. The molecule has 0 unspecified atom stereocenters. The number of alkyl halides is 3. The van der Waals surface area contributed by atoms with Crippen LogP contribution in [0.4, 0.5) is 13.2 Å². The summed E-state index contributed by atoms with van der Waals surface area (Å²) >= 11 is 0. The third kappa shape index (κ3) is 6.69. The number of halogens is 3. The molecule has 1 fully saturated rings. The molecule has 0 radical (unpaired) electrons. The van der Waals surface area contributed by atoms with Gasteiger partial charge in [0.25, 0.3) is 0 Å². The van der Waals surface area contributed by atoms with Crippen molar-refractivity contribution in [2.24, 2.45) is 11.7 Å². The number of carbonyl (C=O) groups is 1. The minimum absolute atomic E-state index is 0.731. The topological polar surface area (TPSA) is 84.4 Å². The molecule has 3 rings (SSSR count). The second-order valence-corrected chi connectivity index (χ2v) is 6.39. The van der Waals surface area contributed by atoms with Crippen molar-refractivity contribution >= 4 is 5.97 Å². The van der Waals surface area contributed by atoms with Gasteiger partial charge in [-0.25, -0.2) is 9.78 Å². The number of benzene rings is 1. The van der Waals surface area contributed by atoms with Crippen molar-refractivity contribution in [2.75, 3.05) is 19.6 Å². The third-order valence-corrected chi connectivity index (χ3v) is 4.43. The van der Waals surface area contributed by atoms with Crippen molar-refractivity contribution < 1.29 is 23.1 Å². The van der Waals surface area contributed by atoms with Crippen molar-refractivity contribution in [3.63, 3.8) is 0 Å². The molecule has 0 aliphatic carbocycles. The van der Waals surface area contributed by atoms with Crippen LogP contribution in [0, 0.1) is 5.92 Å². The second kappa shape index (κ2) is 9.52. The third-order valence-electron chi connectivity index (χ3n) is 4.43. The van der Waals surface area contributed by atoms with Gasteiger partial charge in [0, 0.05) is 24.6 Å². The zero-order valence-electron chi connectivity index (χ0n) is 14.8. The molecule has 0 spiro atoms. The molecule has 0 atom stereocenters. The van der Waals surface area contributed by atoms with Gasteiger partial charge in [-0.15, -0.1) is 0 Å². The van der Waals surface area contributed by atoms with Crippen LogP contribution < -0.4 is 5.73 Å². The summed E-state index contributed by atoms with van der Waals surface area (Å²) in [6.45, 7) is 4.23. The Morgan fingerprint density at radius 1 is 1.22 bits per heavy atom. The van der Waals surface area contributed by atoms with Crippen LogP contribution >= 0.6 is 0 Å². The Balaban J connectivity index is 0.000000321. The van der Waals surface area contributed by atoms with Crippen LogP contribution in [0.3, 0.4) is 0 Å². The van der Waals surface area contributed by atoms with Crippen molar-refractivity contribution in [1.82, 2.24) is 14.5 Å². The molecule has 9 heteroatoms. The van der Waals surface area contributed by atoms with E-state index in [9.17, 15) is 13.2 Å². The maximum Gasteiger partial charge on any atom is 0.490 e. The minimum Gasteiger partial charge on any atom is -0.475 e. The zero-order chi connectivity index (χ0) is 19.9. The van der Waals surface area contributed by atoms with Crippen molar-refractivity contribution in [1.29, 1.82) is 0 Å². The molecule has 6 nitrogen and oxygen atoms in total. The molecule has 2 heterocycles. The number of hydrogen-bond donors (Lipinski definition) is 2. The molecule has 0 bridgehead atoms. The smallest absolute Gasteiger partial charge is 0.475 e. The summed E-state index contributed by atoms with van der Waals surface area (Å²) in [5.74, 6) is -2.03. The fourth-order valence-electron chi connectivity index (χ4n) is 2.82. The lowest BCUT2D eigenvalue weighted by atomic mass is 9.97. The van der Waals surface area contributed by atoms with Crippen LogP contribution in [-0.4, -0.2) is 51.3 Å². The van der Waals surface area contributed by atoms with Gasteiger partial charge in [0.1, 0.15) is 0 Å². The Kier molecular flexibility index (Phi) is 7.37. The number of nitrogens with zero attached hydrogens (tertiary/aromatic N) is 3. The first-order valence-corrected chi connectivity index (χ1v) is 8.59. The van der Waals surface area contributed by atoms with E-state index in [1.54, 1.807) is 6.20 Å². The number of carboxylic acids is 1. The number of imidazole rings is 1. The highest BCUT2D eigenvalue weighted by Gasteiger charge is 2.38. The van der Waals surface area contributed by atoms with Crippen LogP contribution in [0.15, 0.2) is 43.0 Å². The first kappa shape index (κ1) is 20.9.